The zero-order valence-corrected chi connectivity index (χ0v) is 22.6. The molecule has 1 amide bonds. The number of nitrogens with one attached hydrogen (secondary N) is 1. The Bertz CT molecular complexity index is 1370. The largest absolute Gasteiger partial charge is 0.440 e. The van der Waals surface area contributed by atoms with Gasteiger partial charge in [-0.2, -0.15) is 15.9 Å². The molecular formula is C29H33N5O4S. The summed E-state index contributed by atoms with van der Waals surface area (Å²) in [6.45, 7) is 1.20. The van der Waals surface area contributed by atoms with Crippen molar-refractivity contribution in [1.29, 1.82) is 5.26 Å². The Balaban J connectivity index is 1.33. The summed E-state index contributed by atoms with van der Waals surface area (Å²) in [6, 6.07) is 14.1. The molecule has 3 N–H and O–H groups in total. The van der Waals surface area contributed by atoms with E-state index in [4.69, 9.17) is 9.40 Å². The quantitative estimate of drug-likeness (QED) is 0.372. The van der Waals surface area contributed by atoms with Crippen molar-refractivity contribution in [2.75, 3.05) is 29.5 Å². The lowest BCUT2D eigenvalue weighted by Gasteiger charge is -2.41. The molecule has 3 aliphatic rings. The van der Waals surface area contributed by atoms with Crippen LogP contribution in [0.1, 0.15) is 50.2 Å². The molecule has 9 nitrogen and oxygen atoms in total. The predicted molar refractivity (Wildman–Crippen MR) is 150 cm³/mol. The maximum Gasteiger partial charge on any atom is 0.228 e. The molecule has 1 aliphatic heterocycles. The average molecular weight is 548 g/mol. The van der Waals surface area contributed by atoms with Crippen molar-refractivity contribution in [3.63, 3.8) is 0 Å². The van der Waals surface area contributed by atoms with E-state index in [0.717, 1.165) is 48.2 Å². The Kier molecular flexibility index (Phi) is 6.83. The summed E-state index contributed by atoms with van der Waals surface area (Å²) in [6.07, 6.45) is 8.34. The fourth-order valence-corrected chi connectivity index (χ4v) is 6.92. The van der Waals surface area contributed by atoms with Crippen LogP contribution in [-0.4, -0.2) is 55.1 Å². The van der Waals surface area contributed by atoms with E-state index in [9.17, 15) is 19.2 Å². The first-order chi connectivity index (χ1) is 18.9. The molecule has 2 aromatic heterocycles. The summed E-state index contributed by atoms with van der Waals surface area (Å²) in [7, 11) is -2.46. The molecule has 204 valence electrons. The standard InChI is InChI=1S/C29H33N5O4S/c30-19-29(11-12-29)33-27(35)24-6-2-1-5-23(24)26-25(32-28(38-26)21-4-3-13-31-18-21)20-7-9-22(10-8-20)34-14-16-39(36,37)17-15-34/h3-4,7-10,13,18,23-24,36-37H,1-2,5-6,11-12,14-17H2,(H,33,35)/t23-,24-/m1/s1. The highest BCUT2D eigenvalue weighted by Gasteiger charge is 2.47. The minimum atomic E-state index is -2.46. The van der Waals surface area contributed by atoms with E-state index < -0.39 is 16.1 Å². The summed E-state index contributed by atoms with van der Waals surface area (Å²) < 4.78 is 26.4. The van der Waals surface area contributed by atoms with Gasteiger partial charge in [0.2, 0.25) is 11.8 Å². The number of nitriles is 1. The zero-order chi connectivity index (χ0) is 27.0. The molecule has 10 heteroatoms. The molecule has 3 fully saturated rings. The first-order valence-electron chi connectivity index (χ1n) is 13.6. The van der Waals surface area contributed by atoms with Gasteiger partial charge in [-0.25, -0.2) is 4.98 Å². The molecular weight excluding hydrogens is 514 g/mol. The van der Waals surface area contributed by atoms with Gasteiger partial charge in [0.05, 0.1) is 23.1 Å². The van der Waals surface area contributed by atoms with Gasteiger partial charge in [0.1, 0.15) is 17.0 Å². The molecule has 6 rings (SSSR count). The third-order valence-electron chi connectivity index (χ3n) is 8.21. The van der Waals surface area contributed by atoms with Gasteiger partial charge in [0.25, 0.3) is 0 Å². The van der Waals surface area contributed by atoms with Gasteiger partial charge in [-0.1, -0.05) is 25.0 Å². The number of anilines is 1. The van der Waals surface area contributed by atoms with Gasteiger partial charge in [0, 0.05) is 48.6 Å². The number of carbonyl (C=O) groups is 1. The number of carbonyl (C=O) groups excluding carboxylic acids is 1. The summed E-state index contributed by atoms with van der Waals surface area (Å²) in [4.78, 5) is 24.7. The van der Waals surface area contributed by atoms with Crippen molar-refractivity contribution in [2.45, 2.75) is 50.0 Å². The number of rotatable bonds is 6. The Morgan fingerprint density at radius 1 is 1.10 bits per heavy atom. The highest BCUT2D eigenvalue weighted by Crippen LogP contribution is 2.45. The molecule has 0 unspecified atom stereocenters. The van der Waals surface area contributed by atoms with E-state index in [1.807, 2.05) is 36.4 Å². The van der Waals surface area contributed by atoms with Crippen LogP contribution in [0.5, 0.6) is 0 Å². The van der Waals surface area contributed by atoms with Crippen LogP contribution in [0.3, 0.4) is 0 Å². The lowest BCUT2D eigenvalue weighted by atomic mass is 9.76. The van der Waals surface area contributed by atoms with Gasteiger partial charge in [0.15, 0.2) is 0 Å². The SMILES string of the molecule is N#CC1(NC(=O)[C@@H]2CCCC[C@H]2c2oc(-c3cccnc3)nc2-c2ccc(N3CCS(O)(O)CC3)cc2)CC1. The number of hydrogen-bond donors (Lipinski definition) is 3. The number of oxazole rings is 1. The number of nitrogens with zero attached hydrogens (tertiary/aromatic N) is 4. The van der Waals surface area contributed by atoms with E-state index >= 15 is 0 Å². The van der Waals surface area contributed by atoms with E-state index in [1.165, 1.54) is 0 Å². The third-order valence-corrected chi connectivity index (χ3v) is 9.88. The molecule has 0 bridgehead atoms. The predicted octanol–water partition coefficient (Wildman–Crippen LogP) is 5.42. The molecule has 1 saturated heterocycles. The Morgan fingerprint density at radius 3 is 2.51 bits per heavy atom. The second-order valence-electron chi connectivity index (χ2n) is 10.9. The number of aromatic nitrogens is 2. The monoisotopic (exact) mass is 547 g/mol. The fourth-order valence-electron chi connectivity index (χ4n) is 5.69. The summed E-state index contributed by atoms with van der Waals surface area (Å²) in [5, 5.41) is 12.5. The van der Waals surface area contributed by atoms with Crippen LogP contribution in [0.2, 0.25) is 0 Å². The minimum absolute atomic E-state index is 0.0737. The minimum Gasteiger partial charge on any atom is -0.440 e. The number of benzene rings is 1. The molecule has 39 heavy (non-hydrogen) atoms. The summed E-state index contributed by atoms with van der Waals surface area (Å²) in [5.41, 5.74) is 2.70. The van der Waals surface area contributed by atoms with E-state index in [0.29, 0.717) is 49.1 Å². The summed E-state index contributed by atoms with van der Waals surface area (Å²) in [5.74, 6) is 1.44. The van der Waals surface area contributed by atoms with Crippen molar-refractivity contribution in [1.82, 2.24) is 15.3 Å². The first kappa shape index (κ1) is 25.9. The zero-order valence-electron chi connectivity index (χ0n) is 21.8. The van der Waals surface area contributed by atoms with Crippen LogP contribution in [0.4, 0.5) is 5.69 Å². The molecule has 1 aromatic carbocycles. The molecule has 2 aliphatic carbocycles. The second-order valence-corrected chi connectivity index (χ2v) is 13.3. The Labute approximate surface area is 229 Å². The maximum atomic E-state index is 13.4. The molecule has 0 spiro atoms. The topological polar surface area (TPSA) is 136 Å². The fraction of sp³-hybridized carbons (Fsp3) is 0.448. The highest BCUT2D eigenvalue weighted by atomic mass is 32.3. The highest BCUT2D eigenvalue weighted by molar-refractivity contribution is 8.24. The lowest BCUT2D eigenvalue weighted by molar-refractivity contribution is -0.127. The van der Waals surface area contributed by atoms with Crippen LogP contribution < -0.4 is 10.2 Å². The molecule has 2 saturated carbocycles. The third kappa shape index (κ3) is 5.39. The lowest BCUT2D eigenvalue weighted by Crippen LogP contribution is -2.42. The molecule has 2 atom stereocenters. The summed E-state index contributed by atoms with van der Waals surface area (Å²) >= 11 is 0. The number of amides is 1. The molecule has 3 aromatic rings. The normalized spacial score (nSPS) is 24.4. The van der Waals surface area contributed by atoms with Crippen LogP contribution in [0, 0.1) is 17.2 Å². The Morgan fingerprint density at radius 2 is 1.85 bits per heavy atom. The smallest absolute Gasteiger partial charge is 0.228 e. The van der Waals surface area contributed by atoms with Crippen LogP contribution in [-0.2, 0) is 4.79 Å². The van der Waals surface area contributed by atoms with Gasteiger partial charge in [-0.05, 0) is 49.9 Å². The molecule has 0 radical (unpaired) electrons. The van der Waals surface area contributed by atoms with Crippen molar-refractivity contribution in [3.05, 3.63) is 54.6 Å². The number of hydrogen-bond acceptors (Lipinski definition) is 8. The Hall–Kier alpha value is -3.39. The van der Waals surface area contributed by atoms with Crippen molar-refractivity contribution >= 4 is 22.2 Å². The van der Waals surface area contributed by atoms with Gasteiger partial charge in [-0.3, -0.25) is 18.9 Å². The van der Waals surface area contributed by atoms with E-state index in [-0.39, 0.29) is 17.7 Å². The van der Waals surface area contributed by atoms with Crippen LogP contribution in [0.25, 0.3) is 22.7 Å². The van der Waals surface area contributed by atoms with E-state index in [1.54, 1.807) is 12.4 Å². The van der Waals surface area contributed by atoms with Crippen molar-refractivity contribution < 1.29 is 18.3 Å². The van der Waals surface area contributed by atoms with E-state index in [2.05, 4.69) is 21.3 Å². The first-order valence-corrected chi connectivity index (χ1v) is 15.5. The van der Waals surface area contributed by atoms with Gasteiger partial charge < -0.3 is 14.6 Å². The molecule has 3 heterocycles. The van der Waals surface area contributed by atoms with Crippen LogP contribution in [0.15, 0.2) is 53.2 Å². The van der Waals surface area contributed by atoms with Crippen LogP contribution >= 0.6 is 10.6 Å². The number of pyridine rings is 1. The average Bonchev–Trinajstić information content (AvgIpc) is 3.60. The van der Waals surface area contributed by atoms with Crippen molar-refractivity contribution in [3.8, 4) is 28.8 Å². The van der Waals surface area contributed by atoms with Gasteiger partial charge >= 0.3 is 0 Å². The second kappa shape index (κ2) is 10.3. The maximum absolute atomic E-state index is 13.4. The van der Waals surface area contributed by atoms with Gasteiger partial charge in [-0.15, -0.1) is 0 Å². The van der Waals surface area contributed by atoms with Crippen molar-refractivity contribution in [2.24, 2.45) is 5.92 Å².